The molecular formula is C24H23N5O4. The second kappa shape index (κ2) is 10.0. The third kappa shape index (κ3) is 5.58. The zero-order valence-corrected chi connectivity index (χ0v) is 17.9. The number of carbonyl (C=O) groups is 3. The smallest absolute Gasteiger partial charge is 0.253 e. The number of anilines is 1. The third-order valence-electron chi connectivity index (χ3n) is 5.17. The molecule has 0 aliphatic carbocycles. The van der Waals surface area contributed by atoms with Crippen LogP contribution in [0, 0.1) is 0 Å². The fraction of sp³-hybridized carbons (Fsp3) is 0.208. The Morgan fingerprint density at radius 2 is 1.82 bits per heavy atom. The van der Waals surface area contributed by atoms with Gasteiger partial charge in [-0.05, 0) is 35.9 Å². The molecule has 3 amide bonds. The van der Waals surface area contributed by atoms with Gasteiger partial charge in [0.2, 0.25) is 5.91 Å². The van der Waals surface area contributed by atoms with Crippen LogP contribution in [-0.2, 0) is 20.7 Å². The lowest BCUT2D eigenvalue weighted by Gasteiger charge is -2.26. The van der Waals surface area contributed by atoms with Crippen molar-refractivity contribution in [2.24, 2.45) is 5.73 Å². The molecule has 9 nitrogen and oxygen atoms in total. The Morgan fingerprint density at radius 1 is 1.06 bits per heavy atom. The molecule has 2 heterocycles. The summed E-state index contributed by atoms with van der Waals surface area (Å²) in [6, 6.07) is 16.5. The molecule has 4 rings (SSSR count). The van der Waals surface area contributed by atoms with E-state index in [0.717, 1.165) is 22.5 Å². The van der Waals surface area contributed by atoms with Gasteiger partial charge in [0.1, 0.15) is 12.4 Å². The van der Waals surface area contributed by atoms with Crippen LogP contribution in [0.25, 0.3) is 11.3 Å². The highest BCUT2D eigenvalue weighted by atomic mass is 16.5. The van der Waals surface area contributed by atoms with E-state index in [0.29, 0.717) is 31.0 Å². The highest BCUT2D eigenvalue weighted by Gasteiger charge is 2.20. The topological polar surface area (TPSA) is 128 Å². The van der Waals surface area contributed by atoms with Crippen LogP contribution in [0.4, 0.5) is 5.69 Å². The van der Waals surface area contributed by atoms with Gasteiger partial charge in [0.25, 0.3) is 11.8 Å². The molecule has 1 fully saturated rings. The Bertz CT molecular complexity index is 1160. The number of morpholine rings is 1. The van der Waals surface area contributed by atoms with E-state index in [-0.39, 0.29) is 25.0 Å². The maximum Gasteiger partial charge on any atom is 0.253 e. The molecule has 168 valence electrons. The summed E-state index contributed by atoms with van der Waals surface area (Å²) in [6.07, 6.45) is 2.24. The molecule has 0 spiro atoms. The first-order valence-electron chi connectivity index (χ1n) is 10.5. The number of hydrogen-bond donors (Lipinski definition) is 2. The highest BCUT2D eigenvalue weighted by Crippen LogP contribution is 2.20. The highest BCUT2D eigenvalue weighted by molar-refractivity contribution is 5.96. The second-order valence-electron chi connectivity index (χ2n) is 7.53. The Hall–Kier alpha value is -4.11. The maximum atomic E-state index is 12.0. The van der Waals surface area contributed by atoms with Gasteiger partial charge in [0.05, 0.1) is 18.8 Å². The Kier molecular flexibility index (Phi) is 6.70. The summed E-state index contributed by atoms with van der Waals surface area (Å²) in [4.78, 5) is 45.6. The van der Waals surface area contributed by atoms with E-state index in [4.69, 9.17) is 10.5 Å². The van der Waals surface area contributed by atoms with Crippen LogP contribution in [0.15, 0.2) is 60.8 Å². The molecule has 0 radical (unpaired) electrons. The molecule has 33 heavy (non-hydrogen) atoms. The average Bonchev–Trinajstić information content (AvgIpc) is 2.84. The molecule has 1 aromatic heterocycles. The number of nitrogens with zero attached hydrogens (tertiary/aromatic N) is 3. The van der Waals surface area contributed by atoms with Crippen LogP contribution in [0.1, 0.15) is 21.7 Å². The van der Waals surface area contributed by atoms with Crippen LogP contribution in [0.2, 0.25) is 0 Å². The zero-order chi connectivity index (χ0) is 23.2. The van der Waals surface area contributed by atoms with Crippen LogP contribution in [-0.4, -0.2) is 54.0 Å². The first-order valence-corrected chi connectivity index (χ1v) is 10.5. The van der Waals surface area contributed by atoms with Crippen molar-refractivity contribution in [3.8, 4) is 11.3 Å². The van der Waals surface area contributed by atoms with E-state index in [1.54, 1.807) is 41.4 Å². The number of ether oxygens (including phenoxy) is 1. The largest absolute Gasteiger partial charge is 0.370 e. The van der Waals surface area contributed by atoms with Gasteiger partial charge in [-0.2, -0.15) is 0 Å². The third-order valence-corrected chi connectivity index (χ3v) is 5.17. The van der Waals surface area contributed by atoms with Crippen molar-refractivity contribution >= 4 is 23.4 Å². The summed E-state index contributed by atoms with van der Waals surface area (Å²) in [5.41, 5.74) is 8.92. The van der Waals surface area contributed by atoms with Crippen molar-refractivity contribution in [2.75, 3.05) is 31.2 Å². The Labute approximate surface area is 190 Å². The first kappa shape index (κ1) is 22.1. The van der Waals surface area contributed by atoms with Crippen molar-refractivity contribution in [3.05, 3.63) is 77.7 Å². The fourth-order valence-electron chi connectivity index (χ4n) is 3.47. The molecule has 0 bridgehead atoms. The molecule has 2 aromatic carbocycles. The van der Waals surface area contributed by atoms with Crippen LogP contribution in [0.5, 0.6) is 0 Å². The summed E-state index contributed by atoms with van der Waals surface area (Å²) in [5.74, 6) is -0.351. The summed E-state index contributed by atoms with van der Waals surface area (Å²) < 4.78 is 5.18. The van der Waals surface area contributed by atoms with Crippen molar-refractivity contribution in [3.63, 3.8) is 0 Å². The van der Waals surface area contributed by atoms with Crippen LogP contribution >= 0.6 is 0 Å². The minimum absolute atomic E-state index is 0.0404. The minimum Gasteiger partial charge on any atom is -0.370 e. The van der Waals surface area contributed by atoms with E-state index in [2.05, 4.69) is 15.3 Å². The van der Waals surface area contributed by atoms with Gasteiger partial charge in [-0.3, -0.25) is 14.4 Å². The van der Waals surface area contributed by atoms with E-state index in [1.807, 2.05) is 24.3 Å². The van der Waals surface area contributed by atoms with Crippen LogP contribution < -0.4 is 16.0 Å². The van der Waals surface area contributed by atoms with Gasteiger partial charge in [-0.1, -0.05) is 24.3 Å². The number of aromatic nitrogens is 2. The standard InChI is InChI=1S/C24H23N5O4/c25-21(30)14-27-24(32)18-5-3-17(4-6-18)20-9-10-26-22(28-20)13-16-1-7-19(8-2-16)29-11-12-33-15-23(29)31/h1-10H,11-15H2,(H2,25,30)(H,27,32). The predicted octanol–water partition coefficient (Wildman–Crippen LogP) is 1.31. The van der Waals surface area contributed by atoms with E-state index >= 15 is 0 Å². The van der Waals surface area contributed by atoms with Gasteiger partial charge in [0.15, 0.2) is 0 Å². The van der Waals surface area contributed by atoms with Gasteiger partial charge in [-0.15, -0.1) is 0 Å². The zero-order valence-electron chi connectivity index (χ0n) is 17.9. The van der Waals surface area contributed by atoms with E-state index in [1.165, 1.54) is 0 Å². The molecule has 0 atom stereocenters. The Morgan fingerprint density at radius 3 is 2.52 bits per heavy atom. The van der Waals surface area contributed by atoms with Crippen LogP contribution in [0.3, 0.4) is 0 Å². The number of amides is 3. The fourth-order valence-corrected chi connectivity index (χ4v) is 3.47. The van der Waals surface area contributed by atoms with Gasteiger partial charge in [0, 0.05) is 36.0 Å². The molecule has 0 unspecified atom stereocenters. The molecular weight excluding hydrogens is 422 g/mol. The Balaban J connectivity index is 1.43. The lowest BCUT2D eigenvalue weighted by molar-refractivity contribution is -0.125. The van der Waals surface area contributed by atoms with Crippen molar-refractivity contribution in [1.29, 1.82) is 0 Å². The van der Waals surface area contributed by atoms with Crippen molar-refractivity contribution in [2.45, 2.75) is 6.42 Å². The molecule has 1 aliphatic heterocycles. The summed E-state index contributed by atoms with van der Waals surface area (Å²) >= 11 is 0. The minimum atomic E-state index is -0.599. The molecule has 3 N–H and O–H groups in total. The maximum absolute atomic E-state index is 12.0. The molecule has 1 saturated heterocycles. The number of carbonyl (C=O) groups excluding carboxylic acids is 3. The SMILES string of the molecule is NC(=O)CNC(=O)c1ccc(-c2ccnc(Cc3ccc(N4CCOCC4=O)cc3)n2)cc1. The van der Waals surface area contributed by atoms with E-state index < -0.39 is 5.91 Å². The lowest BCUT2D eigenvalue weighted by atomic mass is 10.1. The van der Waals surface area contributed by atoms with Crippen molar-refractivity contribution < 1.29 is 19.1 Å². The average molecular weight is 445 g/mol. The number of rotatable bonds is 7. The quantitative estimate of drug-likeness (QED) is 0.565. The summed E-state index contributed by atoms with van der Waals surface area (Å²) in [5, 5.41) is 2.45. The summed E-state index contributed by atoms with van der Waals surface area (Å²) in [6.45, 7) is 0.989. The predicted molar refractivity (Wildman–Crippen MR) is 121 cm³/mol. The molecule has 1 aliphatic rings. The number of hydrogen-bond acceptors (Lipinski definition) is 6. The monoisotopic (exact) mass is 445 g/mol. The van der Waals surface area contributed by atoms with Gasteiger partial charge >= 0.3 is 0 Å². The number of benzene rings is 2. The number of primary amides is 1. The second-order valence-corrected chi connectivity index (χ2v) is 7.53. The van der Waals surface area contributed by atoms with Gasteiger partial charge < -0.3 is 20.7 Å². The number of nitrogens with one attached hydrogen (secondary N) is 1. The molecule has 0 saturated carbocycles. The van der Waals surface area contributed by atoms with Crippen molar-refractivity contribution in [1.82, 2.24) is 15.3 Å². The lowest BCUT2D eigenvalue weighted by Crippen LogP contribution is -2.41. The van der Waals surface area contributed by atoms with Gasteiger partial charge in [-0.25, -0.2) is 9.97 Å². The number of nitrogens with two attached hydrogens (primary N) is 1. The first-order chi connectivity index (χ1) is 16.0. The normalized spacial score (nSPS) is 13.6. The van der Waals surface area contributed by atoms with E-state index in [9.17, 15) is 14.4 Å². The summed E-state index contributed by atoms with van der Waals surface area (Å²) in [7, 11) is 0. The molecule has 9 heteroatoms. The molecule has 3 aromatic rings.